The van der Waals surface area contributed by atoms with Crippen molar-refractivity contribution in [3.63, 3.8) is 0 Å². The Labute approximate surface area is 154 Å². The first kappa shape index (κ1) is 17.5. The molecule has 2 aromatic heterocycles. The predicted molar refractivity (Wildman–Crippen MR) is 99.0 cm³/mol. The molecule has 1 aliphatic rings. The summed E-state index contributed by atoms with van der Waals surface area (Å²) in [6.07, 6.45) is 2.80. The summed E-state index contributed by atoms with van der Waals surface area (Å²) >= 11 is 0. The number of aromatic nitrogens is 1. The number of rotatable bonds is 5. The van der Waals surface area contributed by atoms with Crippen LogP contribution in [0.4, 0.5) is 0 Å². The molecule has 1 atom stereocenters. The second-order valence-corrected chi connectivity index (χ2v) is 7.10. The van der Waals surface area contributed by atoms with Crippen molar-refractivity contribution in [3.8, 4) is 0 Å². The highest BCUT2D eigenvalue weighted by atomic mass is 16.5. The van der Waals surface area contributed by atoms with Crippen molar-refractivity contribution >= 4 is 22.5 Å². The monoisotopic (exact) mass is 371 g/mol. The Bertz CT molecular complexity index is 1140. The largest absolute Gasteiger partial charge is 0.442 e. The van der Waals surface area contributed by atoms with Crippen LogP contribution in [0.25, 0.3) is 16.6 Å². The van der Waals surface area contributed by atoms with Gasteiger partial charge in [-0.25, -0.2) is 9.59 Å². The minimum Gasteiger partial charge on any atom is -0.397 e. The van der Waals surface area contributed by atoms with E-state index in [-0.39, 0.29) is 5.71 Å². The lowest BCUT2D eigenvalue weighted by Crippen LogP contribution is -2.23. The molecule has 0 radical (unpaired) electrons. The highest BCUT2D eigenvalue weighted by Gasteiger charge is 2.26. The minimum absolute atomic E-state index is 0.213. The zero-order chi connectivity index (χ0) is 19.1. The molecule has 8 nitrogen and oxygen atoms in total. The van der Waals surface area contributed by atoms with Gasteiger partial charge < -0.3 is 19.6 Å². The lowest BCUT2D eigenvalue weighted by Gasteiger charge is -2.14. The van der Waals surface area contributed by atoms with Crippen LogP contribution in [0, 0.1) is 5.92 Å². The minimum atomic E-state index is -1.07. The first-order chi connectivity index (χ1) is 13.0. The van der Waals surface area contributed by atoms with Gasteiger partial charge >= 0.3 is 11.3 Å². The SMILES string of the molecule is CCCN1CCC(Cc2c3cc(C(N)=O)ccc3n3oc(=O)c(=O)oc23)C1. The van der Waals surface area contributed by atoms with E-state index in [9.17, 15) is 14.4 Å². The molecule has 1 aliphatic heterocycles. The molecule has 1 aromatic carbocycles. The number of benzene rings is 1. The Morgan fingerprint density at radius 3 is 2.85 bits per heavy atom. The smallest absolute Gasteiger partial charge is 0.397 e. The number of carbonyl (C=O) groups is 1. The van der Waals surface area contributed by atoms with Crippen LogP contribution >= 0.6 is 0 Å². The van der Waals surface area contributed by atoms with E-state index in [0.29, 0.717) is 28.8 Å². The quantitative estimate of drug-likeness (QED) is 0.678. The fourth-order valence-electron chi connectivity index (χ4n) is 3.98. The summed E-state index contributed by atoms with van der Waals surface area (Å²) in [7, 11) is 0. The Morgan fingerprint density at radius 2 is 2.11 bits per heavy atom. The summed E-state index contributed by atoms with van der Waals surface area (Å²) in [5.74, 6) is -0.156. The molecule has 0 aliphatic carbocycles. The summed E-state index contributed by atoms with van der Waals surface area (Å²) in [6, 6.07) is 4.87. The van der Waals surface area contributed by atoms with Gasteiger partial charge in [-0.15, -0.1) is 4.57 Å². The van der Waals surface area contributed by atoms with Gasteiger partial charge in [-0.2, -0.15) is 0 Å². The van der Waals surface area contributed by atoms with Gasteiger partial charge in [0.25, 0.3) is 0 Å². The van der Waals surface area contributed by atoms with E-state index in [0.717, 1.165) is 38.0 Å². The standard InChI is InChI=1S/C19H21N3O5/c1-2-6-21-7-5-11(10-21)8-14-13-9-12(16(20)23)3-4-15(13)22-17(14)26-18(24)19(25)27-22/h3-4,9,11H,2,5-8,10H2,1H3,(H2,20,23). The number of carbonyl (C=O) groups excluding carboxylic acids is 1. The Balaban J connectivity index is 1.86. The van der Waals surface area contributed by atoms with Crippen LogP contribution < -0.4 is 17.0 Å². The Hall–Kier alpha value is -2.87. The molecule has 1 amide bonds. The van der Waals surface area contributed by atoms with Gasteiger partial charge in [-0.3, -0.25) is 4.79 Å². The molecule has 3 heterocycles. The molecular weight excluding hydrogens is 350 g/mol. The maximum absolute atomic E-state index is 11.7. The zero-order valence-corrected chi connectivity index (χ0v) is 15.1. The van der Waals surface area contributed by atoms with Gasteiger partial charge in [0, 0.05) is 23.1 Å². The van der Waals surface area contributed by atoms with Crippen LogP contribution in [0.3, 0.4) is 0 Å². The zero-order valence-electron chi connectivity index (χ0n) is 15.1. The molecule has 3 aromatic rings. The third kappa shape index (κ3) is 3.06. The van der Waals surface area contributed by atoms with E-state index >= 15 is 0 Å². The number of likely N-dealkylation sites (tertiary alicyclic amines) is 1. The topological polar surface area (TPSA) is 111 Å². The van der Waals surface area contributed by atoms with Crippen LogP contribution in [0.5, 0.6) is 0 Å². The maximum Gasteiger partial charge on any atom is 0.442 e. The molecule has 1 fully saturated rings. The van der Waals surface area contributed by atoms with Gasteiger partial charge in [0.05, 0.1) is 5.52 Å². The van der Waals surface area contributed by atoms with Crippen molar-refractivity contribution < 1.29 is 13.7 Å². The second kappa shape index (κ2) is 6.70. The third-order valence-corrected chi connectivity index (χ3v) is 5.20. The third-order valence-electron chi connectivity index (χ3n) is 5.20. The lowest BCUT2D eigenvalue weighted by molar-refractivity contribution is 0.100. The van der Waals surface area contributed by atoms with Gasteiger partial charge in [0.1, 0.15) is 0 Å². The van der Waals surface area contributed by atoms with Gasteiger partial charge in [0.15, 0.2) is 0 Å². The normalized spacial score (nSPS) is 17.9. The second-order valence-electron chi connectivity index (χ2n) is 7.10. The molecule has 0 saturated carbocycles. The van der Waals surface area contributed by atoms with Gasteiger partial charge in [0.2, 0.25) is 11.6 Å². The predicted octanol–water partition coefficient (Wildman–Crippen LogP) is 1.37. The van der Waals surface area contributed by atoms with Crippen molar-refractivity contribution in [1.82, 2.24) is 9.47 Å². The van der Waals surface area contributed by atoms with Gasteiger partial charge in [-0.1, -0.05) is 6.92 Å². The van der Waals surface area contributed by atoms with E-state index in [1.807, 2.05) is 0 Å². The fourth-order valence-corrected chi connectivity index (χ4v) is 3.98. The number of primary amides is 1. The Kier molecular flexibility index (Phi) is 4.35. The summed E-state index contributed by atoms with van der Waals surface area (Å²) < 4.78 is 11.6. The number of fused-ring (bicyclic) bond motifs is 3. The average molecular weight is 371 g/mol. The number of amides is 1. The van der Waals surface area contributed by atoms with Crippen LogP contribution in [-0.2, 0) is 6.42 Å². The number of hydrogen-bond acceptors (Lipinski definition) is 6. The fraction of sp³-hybridized carbons (Fsp3) is 0.421. The first-order valence-electron chi connectivity index (χ1n) is 9.12. The van der Waals surface area contributed by atoms with Crippen LogP contribution in [0.1, 0.15) is 35.7 Å². The highest BCUT2D eigenvalue weighted by molar-refractivity contribution is 5.99. The summed E-state index contributed by atoms with van der Waals surface area (Å²) in [6.45, 7) is 5.21. The molecule has 4 rings (SSSR count). The molecule has 2 N–H and O–H groups in total. The first-order valence-corrected chi connectivity index (χ1v) is 9.12. The molecule has 27 heavy (non-hydrogen) atoms. The molecule has 0 bridgehead atoms. The van der Waals surface area contributed by atoms with Crippen LogP contribution in [0.15, 0.2) is 36.7 Å². The molecule has 1 saturated heterocycles. The Morgan fingerprint density at radius 1 is 1.30 bits per heavy atom. The highest BCUT2D eigenvalue weighted by Crippen LogP contribution is 2.31. The van der Waals surface area contributed by atoms with E-state index in [1.54, 1.807) is 18.2 Å². The van der Waals surface area contributed by atoms with Crippen LogP contribution in [-0.4, -0.2) is 35.0 Å². The van der Waals surface area contributed by atoms with E-state index < -0.39 is 17.2 Å². The van der Waals surface area contributed by atoms with Crippen molar-refractivity contribution in [2.45, 2.75) is 26.2 Å². The lowest BCUT2D eigenvalue weighted by atomic mass is 9.97. The summed E-state index contributed by atoms with van der Waals surface area (Å²) in [4.78, 5) is 37.4. The van der Waals surface area contributed by atoms with Gasteiger partial charge in [-0.05, 0) is 56.5 Å². The summed E-state index contributed by atoms with van der Waals surface area (Å²) in [5, 5.41) is 0.706. The number of nitrogens with two attached hydrogens (primary N) is 1. The van der Waals surface area contributed by atoms with Crippen molar-refractivity contribution in [2.24, 2.45) is 11.7 Å². The maximum atomic E-state index is 11.7. The van der Waals surface area contributed by atoms with Crippen molar-refractivity contribution in [3.05, 3.63) is 50.2 Å². The molecule has 8 heteroatoms. The van der Waals surface area contributed by atoms with Crippen molar-refractivity contribution in [1.29, 1.82) is 0 Å². The molecule has 1 unspecified atom stereocenters. The average Bonchev–Trinajstić information content (AvgIpc) is 3.19. The number of hydrogen-bond donors (Lipinski definition) is 1. The number of nitrogens with zero attached hydrogens (tertiary/aromatic N) is 2. The van der Waals surface area contributed by atoms with E-state index in [2.05, 4.69) is 11.8 Å². The van der Waals surface area contributed by atoms with Crippen molar-refractivity contribution in [2.75, 3.05) is 19.6 Å². The van der Waals surface area contributed by atoms with E-state index in [1.165, 1.54) is 4.57 Å². The molecular formula is C19H21N3O5. The van der Waals surface area contributed by atoms with Crippen LogP contribution in [0.2, 0.25) is 0 Å². The van der Waals surface area contributed by atoms with E-state index in [4.69, 9.17) is 14.7 Å². The molecule has 0 spiro atoms. The molecule has 142 valence electrons. The summed E-state index contributed by atoms with van der Waals surface area (Å²) in [5.41, 5.74) is 5.19.